The lowest BCUT2D eigenvalue weighted by Gasteiger charge is -2.29. The van der Waals surface area contributed by atoms with Crippen molar-refractivity contribution in [3.05, 3.63) is 0 Å². The summed E-state index contributed by atoms with van der Waals surface area (Å²) in [7, 11) is 1.79. The third kappa shape index (κ3) is 5.07. The highest BCUT2D eigenvalue weighted by atomic mass is 16.2. The molecule has 0 aliphatic rings. The van der Waals surface area contributed by atoms with Gasteiger partial charge in [-0.25, -0.2) is 4.79 Å². The number of hydrogen-bond acceptors (Lipinski definition) is 2. The lowest BCUT2D eigenvalue weighted by atomic mass is 10.1. The van der Waals surface area contributed by atoms with E-state index in [2.05, 4.69) is 5.32 Å². The zero-order valence-corrected chi connectivity index (χ0v) is 9.92. The van der Waals surface area contributed by atoms with Crippen LogP contribution in [0.4, 0.5) is 4.79 Å². The van der Waals surface area contributed by atoms with Crippen molar-refractivity contribution < 1.29 is 4.79 Å². The number of nitrogens with zero attached hydrogens (tertiary/aromatic N) is 1. The number of amides is 2. The van der Waals surface area contributed by atoms with Crippen molar-refractivity contribution in [3.8, 4) is 0 Å². The number of nitrogens with two attached hydrogens (primary N) is 1. The molecular formula is C10H23N3O. The Hall–Kier alpha value is -0.770. The van der Waals surface area contributed by atoms with E-state index in [4.69, 9.17) is 5.73 Å². The lowest BCUT2D eigenvalue weighted by Crippen LogP contribution is -2.50. The molecule has 0 spiro atoms. The standard InChI is InChI=1S/C10H23N3O/c1-8(6-7-11)13(5)9(14)12-10(2,3)4/h8H,6-7,11H2,1-5H3,(H,12,14). The monoisotopic (exact) mass is 201 g/mol. The van der Waals surface area contributed by atoms with Crippen molar-refractivity contribution in [1.29, 1.82) is 0 Å². The molecule has 2 amide bonds. The summed E-state index contributed by atoms with van der Waals surface area (Å²) < 4.78 is 0. The van der Waals surface area contributed by atoms with E-state index < -0.39 is 0 Å². The number of rotatable bonds is 3. The smallest absolute Gasteiger partial charge is 0.317 e. The highest BCUT2D eigenvalue weighted by Crippen LogP contribution is 2.04. The average Bonchev–Trinajstić information content (AvgIpc) is 2.00. The molecule has 0 aromatic heterocycles. The summed E-state index contributed by atoms with van der Waals surface area (Å²) >= 11 is 0. The van der Waals surface area contributed by atoms with Crippen LogP contribution in [0.3, 0.4) is 0 Å². The van der Waals surface area contributed by atoms with Crippen molar-refractivity contribution in [2.24, 2.45) is 5.73 Å². The van der Waals surface area contributed by atoms with Gasteiger partial charge in [-0.2, -0.15) is 0 Å². The maximum absolute atomic E-state index is 11.6. The quantitative estimate of drug-likeness (QED) is 0.720. The lowest BCUT2D eigenvalue weighted by molar-refractivity contribution is 0.183. The first-order chi connectivity index (χ1) is 6.28. The van der Waals surface area contributed by atoms with E-state index in [9.17, 15) is 4.79 Å². The minimum Gasteiger partial charge on any atom is -0.333 e. The first-order valence-corrected chi connectivity index (χ1v) is 5.03. The normalized spacial score (nSPS) is 13.6. The van der Waals surface area contributed by atoms with Crippen LogP contribution in [0.15, 0.2) is 0 Å². The number of carbonyl (C=O) groups excluding carboxylic acids is 1. The average molecular weight is 201 g/mol. The van der Waals surface area contributed by atoms with Gasteiger partial charge in [0.25, 0.3) is 0 Å². The fourth-order valence-electron chi connectivity index (χ4n) is 1.04. The van der Waals surface area contributed by atoms with Crippen molar-refractivity contribution in [1.82, 2.24) is 10.2 Å². The van der Waals surface area contributed by atoms with Crippen molar-refractivity contribution in [2.75, 3.05) is 13.6 Å². The maximum Gasteiger partial charge on any atom is 0.317 e. The van der Waals surface area contributed by atoms with Crippen LogP contribution in [0, 0.1) is 0 Å². The molecule has 14 heavy (non-hydrogen) atoms. The second-order valence-corrected chi connectivity index (χ2v) is 4.72. The molecule has 3 N–H and O–H groups in total. The Balaban J connectivity index is 4.12. The Morgan fingerprint density at radius 3 is 2.36 bits per heavy atom. The van der Waals surface area contributed by atoms with E-state index >= 15 is 0 Å². The van der Waals surface area contributed by atoms with Crippen molar-refractivity contribution in [3.63, 3.8) is 0 Å². The van der Waals surface area contributed by atoms with Gasteiger partial charge < -0.3 is 16.0 Å². The molecule has 0 aliphatic carbocycles. The molecule has 1 unspecified atom stereocenters. The second kappa shape index (κ2) is 5.20. The van der Waals surface area contributed by atoms with Gasteiger partial charge in [0.2, 0.25) is 0 Å². The van der Waals surface area contributed by atoms with Gasteiger partial charge in [0, 0.05) is 18.6 Å². The Morgan fingerprint density at radius 2 is 2.00 bits per heavy atom. The predicted molar refractivity (Wildman–Crippen MR) is 59.2 cm³/mol. The van der Waals surface area contributed by atoms with Crippen LogP contribution < -0.4 is 11.1 Å². The summed E-state index contributed by atoms with van der Waals surface area (Å²) in [5, 5.41) is 2.90. The molecule has 4 heteroatoms. The molecule has 0 fully saturated rings. The number of carbonyl (C=O) groups is 1. The molecule has 0 bridgehead atoms. The highest BCUT2D eigenvalue weighted by molar-refractivity contribution is 5.74. The maximum atomic E-state index is 11.6. The summed E-state index contributed by atoms with van der Waals surface area (Å²) in [6.45, 7) is 8.49. The van der Waals surface area contributed by atoms with Gasteiger partial charge in [0.05, 0.1) is 0 Å². The van der Waals surface area contributed by atoms with Crippen molar-refractivity contribution in [2.45, 2.75) is 45.7 Å². The number of nitrogens with one attached hydrogen (secondary N) is 1. The molecule has 0 rings (SSSR count). The molecule has 84 valence electrons. The van der Waals surface area contributed by atoms with Gasteiger partial charge >= 0.3 is 6.03 Å². The van der Waals surface area contributed by atoms with Gasteiger partial charge in [0.1, 0.15) is 0 Å². The predicted octanol–water partition coefficient (Wildman–Crippen LogP) is 1.16. The summed E-state index contributed by atoms with van der Waals surface area (Å²) in [6, 6.07) is 0.140. The number of hydrogen-bond donors (Lipinski definition) is 2. The van der Waals surface area contributed by atoms with Crippen LogP contribution in [0.25, 0.3) is 0 Å². The number of urea groups is 1. The second-order valence-electron chi connectivity index (χ2n) is 4.72. The van der Waals surface area contributed by atoms with Gasteiger partial charge in [-0.15, -0.1) is 0 Å². The molecule has 4 nitrogen and oxygen atoms in total. The van der Waals surface area contributed by atoms with Gasteiger partial charge in [-0.05, 0) is 40.7 Å². The summed E-state index contributed by atoms with van der Waals surface area (Å²) in [5.74, 6) is 0. The molecule has 0 heterocycles. The molecule has 1 atom stereocenters. The van der Waals surface area contributed by atoms with Crippen LogP contribution in [-0.4, -0.2) is 36.1 Å². The fourth-order valence-corrected chi connectivity index (χ4v) is 1.04. The Labute approximate surface area is 86.8 Å². The van der Waals surface area contributed by atoms with E-state index in [0.29, 0.717) is 6.54 Å². The van der Waals surface area contributed by atoms with Gasteiger partial charge in [-0.3, -0.25) is 0 Å². The Kier molecular flexibility index (Phi) is 4.91. The van der Waals surface area contributed by atoms with Crippen LogP contribution >= 0.6 is 0 Å². The van der Waals surface area contributed by atoms with Crippen LogP contribution in [-0.2, 0) is 0 Å². The van der Waals surface area contributed by atoms with E-state index in [-0.39, 0.29) is 17.6 Å². The van der Waals surface area contributed by atoms with E-state index in [1.54, 1.807) is 11.9 Å². The summed E-state index contributed by atoms with van der Waals surface area (Å²) in [6.07, 6.45) is 0.827. The molecule has 0 radical (unpaired) electrons. The molecule has 0 aliphatic heterocycles. The largest absolute Gasteiger partial charge is 0.333 e. The zero-order chi connectivity index (χ0) is 11.4. The van der Waals surface area contributed by atoms with Gasteiger partial charge in [0.15, 0.2) is 0 Å². The molecule has 0 aromatic rings. The van der Waals surface area contributed by atoms with Gasteiger partial charge in [-0.1, -0.05) is 0 Å². The zero-order valence-electron chi connectivity index (χ0n) is 9.92. The van der Waals surface area contributed by atoms with E-state index in [1.807, 2.05) is 27.7 Å². The molecule has 0 saturated carbocycles. The Morgan fingerprint density at radius 1 is 1.50 bits per heavy atom. The molecule has 0 aromatic carbocycles. The fraction of sp³-hybridized carbons (Fsp3) is 0.900. The first kappa shape index (κ1) is 13.2. The summed E-state index contributed by atoms with van der Waals surface area (Å²) in [5.41, 5.74) is 5.25. The Bertz CT molecular complexity index is 186. The van der Waals surface area contributed by atoms with Crippen LogP contribution in [0.2, 0.25) is 0 Å². The molecule has 0 saturated heterocycles. The molecular weight excluding hydrogens is 178 g/mol. The van der Waals surface area contributed by atoms with E-state index in [1.165, 1.54) is 0 Å². The third-order valence-corrected chi connectivity index (χ3v) is 2.05. The minimum atomic E-state index is -0.187. The highest BCUT2D eigenvalue weighted by Gasteiger charge is 2.19. The SMILES string of the molecule is CC(CCN)N(C)C(=O)NC(C)(C)C. The van der Waals surface area contributed by atoms with Crippen molar-refractivity contribution >= 4 is 6.03 Å². The minimum absolute atomic E-state index is 0.0431. The topological polar surface area (TPSA) is 58.4 Å². The first-order valence-electron chi connectivity index (χ1n) is 5.03. The van der Waals surface area contributed by atoms with Crippen LogP contribution in [0.5, 0.6) is 0 Å². The summed E-state index contributed by atoms with van der Waals surface area (Å²) in [4.78, 5) is 13.3. The third-order valence-electron chi connectivity index (χ3n) is 2.05. The van der Waals surface area contributed by atoms with Crippen LogP contribution in [0.1, 0.15) is 34.1 Å². The van der Waals surface area contributed by atoms with E-state index in [0.717, 1.165) is 6.42 Å².